The summed E-state index contributed by atoms with van der Waals surface area (Å²) in [6, 6.07) is 4.77. The van der Waals surface area contributed by atoms with Gasteiger partial charge in [0.05, 0.1) is 18.3 Å². The zero-order valence-electron chi connectivity index (χ0n) is 11.8. The van der Waals surface area contributed by atoms with Crippen LogP contribution in [0.15, 0.2) is 22.7 Å². The van der Waals surface area contributed by atoms with Gasteiger partial charge in [0.2, 0.25) is 0 Å². The topological polar surface area (TPSA) is 67.8 Å². The summed E-state index contributed by atoms with van der Waals surface area (Å²) < 4.78 is 11.7. The maximum atomic E-state index is 11.9. The highest BCUT2D eigenvalue weighted by Gasteiger charge is 2.15. The Kier molecular flexibility index (Phi) is 6.48. The fraction of sp³-hybridized carbons (Fsp3) is 0.533. The van der Waals surface area contributed by atoms with E-state index in [0.29, 0.717) is 19.8 Å². The van der Waals surface area contributed by atoms with Crippen molar-refractivity contribution >= 4 is 21.8 Å². The van der Waals surface area contributed by atoms with Crippen LogP contribution in [0.1, 0.15) is 29.6 Å². The van der Waals surface area contributed by atoms with Crippen molar-refractivity contribution in [3.05, 3.63) is 28.2 Å². The van der Waals surface area contributed by atoms with Gasteiger partial charge in [-0.05, 0) is 37.5 Å². The van der Waals surface area contributed by atoms with Crippen molar-refractivity contribution in [2.75, 3.05) is 26.4 Å². The molecule has 2 N–H and O–H groups in total. The van der Waals surface area contributed by atoms with Crippen LogP contribution in [0.5, 0.6) is 5.75 Å². The number of hydrogen-bond donors (Lipinski definition) is 2. The van der Waals surface area contributed by atoms with Crippen molar-refractivity contribution in [3.8, 4) is 5.75 Å². The summed E-state index contributed by atoms with van der Waals surface area (Å²) in [5.41, 5.74) is 0.268. The third kappa shape index (κ3) is 5.30. The van der Waals surface area contributed by atoms with E-state index < -0.39 is 0 Å². The van der Waals surface area contributed by atoms with Gasteiger partial charge < -0.3 is 19.9 Å². The number of hydrogen-bond acceptors (Lipinski definition) is 4. The predicted molar refractivity (Wildman–Crippen MR) is 82.6 cm³/mol. The number of nitrogens with one attached hydrogen (secondary N) is 1. The van der Waals surface area contributed by atoms with Gasteiger partial charge in [0.1, 0.15) is 5.75 Å². The van der Waals surface area contributed by atoms with Crippen LogP contribution < -0.4 is 5.32 Å². The molecule has 0 bridgehead atoms. The van der Waals surface area contributed by atoms with Gasteiger partial charge in [-0.1, -0.05) is 15.9 Å². The van der Waals surface area contributed by atoms with Gasteiger partial charge in [-0.25, -0.2) is 0 Å². The third-order valence-electron chi connectivity index (χ3n) is 3.28. The summed E-state index contributed by atoms with van der Waals surface area (Å²) in [5, 5.41) is 12.4. The molecule has 1 aromatic rings. The first-order valence-electron chi connectivity index (χ1n) is 7.13. The summed E-state index contributed by atoms with van der Waals surface area (Å²) >= 11 is 3.28. The van der Waals surface area contributed by atoms with E-state index in [-0.39, 0.29) is 23.3 Å². The van der Waals surface area contributed by atoms with Crippen molar-refractivity contribution in [1.29, 1.82) is 0 Å². The molecule has 5 nitrogen and oxygen atoms in total. The number of amides is 1. The van der Waals surface area contributed by atoms with Gasteiger partial charge >= 0.3 is 0 Å². The highest BCUT2D eigenvalue weighted by molar-refractivity contribution is 9.10. The molecule has 1 aromatic carbocycles. The number of rotatable bonds is 7. The third-order valence-corrected chi connectivity index (χ3v) is 3.78. The lowest BCUT2D eigenvalue weighted by molar-refractivity contribution is 0.0166. The number of carbonyl (C=O) groups excluding carboxylic acids is 1. The van der Waals surface area contributed by atoms with Crippen LogP contribution >= 0.6 is 15.9 Å². The average molecular weight is 358 g/mol. The lowest BCUT2D eigenvalue weighted by Crippen LogP contribution is -2.25. The molecule has 1 aliphatic rings. The molecule has 1 amide bonds. The SMILES string of the molecule is O=C(NCCCOCC1CCCO1)c1cc(Br)ccc1O. The summed E-state index contributed by atoms with van der Waals surface area (Å²) in [5.74, 6) is -0.307. The smallest absolute Gasteiger partial charge is 0.255 e. The first-order chi connectivity index (χ1) is 10.2. The van der Waals surface area contributed by atoms with Crippen molar-refractivity contribution in [2.24, 2.45) is 0 Å². The molecule has 1 fully saturated rings. The predicted octanol–water partition coefficient (Wildman–Crippen LogP) is 2.47. The number of phenols is 1. The summed E-state index contributed by atoms with van der Waals surface area (Å²) in [7, 11) is 0. The van der Waals surface area contributed by atoms with Crippen LogP contribution in [0.4, 0.5) is 0 Å². The molecule has 1 saturated heterocycles. The van der Waals surface area contributed by atoms with Gasteiger partial charge in [0.15, 0.2) is 0 Å². The second-order valence-corrected chi connectivity index (χ2v) is 5.90. The molecule has 0 saturated carbocycles. The number of ether oxygens (including phenoxy) is 2. The highest BCUT2D eigenvalue weighted by Crippen LogP contribution is 2.21. The molecular formula is C15H20BrNO4. The average Bonchev–Trinajstić information content (AvgIpc) is 2.98. The summed E-state index contributed by atoms with van der Waals surface area (Å²) in [6.07, 6.45) is 3.14. The Balaban J connectivity index is 1.61. The number of benzene rings is 1. The Labute approximate surface area is 132 Å². The van der Waals surface area contributed by atoms with Crippen molar-refractivity contribution in [2.45, 2.75) is 25.4 Å². The number of carbonyl (C=O) groups is 1. The minimum atomic E-state index is -0.284. The summed E-state index contributed by atoms with van der Waals surface area (Å²) in [4.78, 5) is 11.9. The zero-order valence-corrected chi connectivity index (χ0v) is 13.4. The molecule has 0 aliphatic carbocycles. The minimum Gasteiger partial charge on any atom is -0.507 e. The fourth-order valence-corrected chi connectivity index (χ4v) is 2.51. The van der Waals surface area contributed by atoms with Crippen LogP contribution in [0.3, 0.4) is 0 Å². The number of halogens is 1. The largest absolute Gasteiger partial charge is 0.507 e. The van der Waals surface area contributed by atoms with Crippen molar-refractivity contribution in [1.82, 2.24) is 5.32 Å². The molecule has 21 heavy (non-hydrogen) atoms. The van der Waals surface area contributed by atoms with Crippen LogP contribution in [-0.2, 0) is 9.47 Å². The second kappa shape index (κ2) is 8.36. The fourth-order valence-electron chi connectivity index (χ4n) is 2.15. The van der Waals surface area contributed by atoms with E-state index >= 15 is 0 Å². The maximum Gasteiger partial charge on any atom is 0.255 e. The molecule has 1 aliphatic heterocycles. The molecule has 1 heterocycles. The Morgan fingerprint density at radius 3 is 3.14 bits per heavy atom. The highest BCUT2D eigenvalue weighted by atomic mass is 79.9. The van der Waals surface area contributed by atoms with Gasteiger partial charge in [-0.15, -0.1) is 0 Å². The van der Waals surface area contributed by atoms with Crippen LogP contribution in [0.25, 0.3) is 0 Å². The lowest BCUT2D eigenvalue weighted by Gasteiger charge is -2.10. The molecule has 0 radical (unpaired) electrons. The quantitative estimate of drug-likeness (QED) is 0.735. The normalized spacial score (nSPS) is 17.9. The van der Waals surface area contributed by atoms with E-state index in [1.54, 1.807) is 12.1 Å². The molecule has 116 valence electrons. The lowest BCUT2D eigenvalue weighted by atomic mass is 10.2. The van der Waals surface area contributed by atoms with E-state index in [2.05, 4.69) is 21.2 Å². The van der Waals surface area contributed by atoms with E-state index in [9.17, 15) is 9.90 Å². The molecule has 2 rings (SSSR count). The van der Waals surface area contributed by atoms with Gasteiger partial charge in [-0.3, -0.25) is 4.79 Å². The van der Waals surface area contributed by atoms with Crippen LogP contribution in [-0.4, -0.2) is 43.5 Å². The number of aromatic hydroxyl groups is 1. The van der Waals surface area contributed by atoms with E-state index in [1.165, 1.54) is 6.07 Å². The molecule has 0 spiro atoms. The van der Waals surface area contributed by atoms with E-state index in [4.69, 9.17) is 9.47 Å². The summed E-state index contributed by atoms with van der Waals surface area (Å²) in [6.45, 7) is 2.56. The first kappa shape index (κ1) is 16.3. The van der Waals surface area contributed by atoms with Gasteiger partial charge in [0.25, 0.3) is 5.91 Å². The maximum absolute atomic E-state index is 11.9. The minimum absolute atomic E-state index is 0.0228. The van der Waals surface area contributed by atoms with Gasteiger partial charge in [-0.2, -0.15) is 0 Å². The zero-order chi connectivity index (χ0) is 15.1. The Bertz CT molecular complexity index is 475. The van der Waals surface area contributed by atoms with E-state index in [0.717, 1.165) is 30.3 Å². The van der Waals surface area contributed by atoms with Crippen LogP contribution in [0.2, 0.25) is 0 Å². The second-order valence-electron chi connectivity index (χ2n) is 4.98. The van der Waals surface area contributed by atoms with Crippen LogP contribution in [0, 0.1) is 0 Å². The first-order valence-corrected chi connectivity index (χ1v) is 7.92. The molecular weight excluding hydrogens is 338 g/mol. The van der Waals surface area contributed by atoms with Gasteiger partial charge in [0, 0.05) is 24.2 Å². The standard InChI is InChI=1S/C15H20BrNO4/c16-11-4-5-14(18)13(9-11)15(19)17-6-2-7-20-10-12-3-1-8-21-12/h4-5,9,12,18H,1-3,6-8,10H2,(H,17,19). The Morgan fingerprint density at radius 1 is 1.52 bits per heavy atom. The number of phenolic OH excluding ortho intramolecular Hbond substituents is 1. The molecule has 6 heteroatoms. The van der Waals surface area contributed by atoms with E-state index in [1.807, 2.05) is 0 Å². The Morgan fingerprint density at radius 2 is 2.38 bits per heavy atom. The molecule has 1 atom stereocenters. The van der Waals surface area contributed by atoms with Crippen molar-refractivity contribution in [3.63, 3.8) is 0 Å². The van der Waals surface area contributed by atoms with Crippen molar-refractivity contribution < 1.29 is 19.4 Å². The molecule has 1 unspecified atom stereocenters. The Hall–Kier alpha value is -1.11. The molecule has 0 aromatic heterocycles. The monoisotopic (exact) mass is 357 g/mol.